The molecule has 35 heavy (non-hydrogen) atoms. The first-order valence-electron chi connectivity index (χ1n) is 12.2. The number of carbonyl (C=O) groups is 2. The highest BCUT2D eigenvalue weighted by Crippen LogP contribution is 2.33. The van der Waals surface area contributed by atoms with Crippen molar-refractivity contribution in [3.63, 3.8) is 0 Å². The van der Waals surface area contributed by atoms with E-state index < -0.39 is 6.17 Å². The lowest BCUT2D eigenvalue weighted by atomic mass is 10.1. The number of hydrogen-bond acceptors (Lipinski definition) is 7. The van der Waals surface area contributed by atoms with Gasteiger partial charge < -0.3 is 25.6 Å². The van der Waals surface area contributed by atoms with Gasteiger partial charge in [-0.1, -0.05) is 11.3 Å². The zero-order valence-corrected chi connectivity index (χ0v) is 20.6. The van der Waals surface area contributed by atoms with Crippen molar-refractivity contribution in [1.82, 2.24) is 24.9 Å². The Morgan fingerprint density at radius 1 is 1.29 bits per heavy atom. The summed E-state index contributed by atoms with van der Waals surface area (Å²) in [7, 11) is 1.55. The van der Waals surface area contributed by atoms with Crippen molar-refractivity contribution in [3.8, 4) is 5.75 Å². The molecule has 1 aromatic carbocycles. The molecule has 3 N–H and O–H groups in total. The molecule has 0 aliphatic carbocycles. The number of thiazole rings is 1. The molecule has 11 heteroatoms. The van der Waals surface area contributed by atoms with E-state index in [9.17, 15) is 14.0 Å². The van der Waals surface area contributed by atoms with Crippen molar-refractivity contribution in [2.75, 3.05) is 45.2 Å². The molecule has 0 spiro atoms. The van der Waals surface area contributed by atoms with Crippen molar-refractivity contribution >= 4 is 44.1 Å². The van der Waals surface area contributed by atoms with E-state index >= 15 is 0 Å². The number of benzene rings is 1. The van der Waals surface area contributed by atoms with E-state index in [0.717, 1.165) is 60.6 Å². The third-order valence-electron chi connectivity index (χ3n) is 6.74. The molecule has 2 aliphatic heterocycles. The molecule has 1 atom stereocenters. The van der Waals surface area contributed by atoms with Crippen LogP contribution in [0.3, 0.4) is 0 Å². The average molecular weight is 503 g/mol. The largest absolute Gasteiger partial charge is 0.496 e. The van der Waals surface area contributed by atoms with Gasteiger partial charge in [-0.05, 0) is 51.3 Å². The number of rotatable bonds is 8. The predicted octanol–water partition coefficient (Wildman–Crippen LogP) is 2.80. The van der Waals surface area contributed by atoms with Gasteiger partial charge in [0.1, 0.15) is 11.9 Å². The van der Waals surface area contributed by atoms with Crippen molar-refractivity contribution < 1.29 is 18.7 Å². The lowest BCUT2D eigenvalue weighted by Crippen LogP contribution is -2.36. The summed E-state index contributed by atoms with van der Waals surface area (Å²) in [5.41, 5.74) is 1.34. The summed E-state index contributed by atoms with van der Waals surface area (Å²) in [6.45, 7) is 3.81. The maximum absolute atomic E-state index is 13.3. The normalized spacial score (nSPS) is 19.4. The molecule has 2 aromatic heterocycles. The zero-order valence-electron chi connectivity index (χ0n) is 19.8. The van der Waals surface area contributed by atoms with Gasteiger partial charge in [-0.25, -0.2) is 9.37 Å². The van der Waals surface area contributed by atoms with E-state index in [1.165, 1.54) is 11.3 Å². The molecule has 4 heterocycles. The molecule has 2 amide bonds. The number of nitrogens with one attached hydrogen (secondary N) is 3. The number of amides is 2. The van der Waals surface area contributed by atoms with Crippen molar-refractivity contribution in [3.05, 3.63) is 23.9 Å². The topological polar surface area (TPSA) is 100 Å². The minimum absolute atomic E-state index is 0.0685. The minimum atomic E-state index is -0.673. The average Bonchev–Trinajstić information content (AvgIpc) is 3.59. The number of piperidine rings is 1. The van der Waals surface area contributed by atoms with Crippen LogP contribution in [0.25, 0.3) is 15.2 Å². The van der Waals surface area contributed by atoms with Crippen molar-refractivity contribution in [1.29, 1.82) is 0 Å². The number of alkyl halides is 1. The second-order valence-corrected chi connectivity index (χ2v) is 10.2. The summed E-state index contributed by atoms with van der Waals surface area (Å²) in [5.74, 6) is 0.734. The molecule has 2 saturated heterocycles. The summed E-state index contributed by atoms with van der Waals surface area (Å²) in [5, 5.41) is 9.06. The van der Waals surface area contributed by atoms with E-state index in [2.05, 4.69) is 25.8 Å². The van der Waals surface area contributed by atoms with Crippen LogP contribution in [0.4, 0.5) is 10.2 Å². The second-order valence-electron chi connectivity index (χ2n) is 9.16. The van der Waals surface area contributed by atoms with Crippen LogP contribution >= 0.6 is 11.3 Å². The number of ether oxygens (including phenoxy) is 1. The van der Waals surface area contributed by atoms with E-state index in [0.29, 0.717) is 36.5 Å². The number of imidazole rings is 1. The molecule has 3 aromatic rings. The van der Waals surface area contributed by atoms with Crippen LogP contribution < -0.4 is 20.7 Å². The summed E-state index contributed by atoms with van der Waals surface area (Å²) in [4.78, 5) is 32.8. The quantitative estimate of drug-likeness (QED) is 0.410. The summed E-state index contributed by atoms with van der Waals surface area (Å²) in [6, 6.07) is 3.49. The lowest BCUT2D eigenvalue weighted by Gasteiger charge is -2.28. The van der Waals surface area contributed by atoms with E-state index in [-0.39, 0.29) is 17.9 Å². The van der Waals surface area contributed by atoms with Gasteiger partial charge in [0.05, 0.1) is 35.1 Å². The molecule has 5 rings (SSSR count). The Morgan fingerprint density at radius 2 is 2.11 bits per heavy atom. The lowest BCUT2D eigenvalue weighted by molar-refractivity contribution is -0.117. The highest BCUT2D eigenvalue weighted by Gasteiger charge is 2.23. The number of fused-ring (bicyclic) bond motifs is 3. The number of hydrogen-bond donors (Lipinski definition) is 3. The summed E-state index contributed by atoms with van der Waals surface area (Å²) >= 11 is 1.45. The second kappa shape index (κ2) is 10.5. The van der Waals surface area contributed by atoms with Gasteiger partial charge in [0.2, 0.25) is 5.91 Å². The van der Waals surface area contributed by atoms with Gasteiger partial charge in [-0.15, -0.1) is 0 Å². The Balaban J connectivity index is 1.24. The summed E-state index contributed by atoms with van der Waals surface area (Å²) in [6.07, 6.45) is 4.95. The molecule has 9 nitrogen and oxygen atoms in total. The third kappa shape index (κ3) is 5.26. The number of carbonyl (C=O) groups excluding carboxylic acids is 2. The first-order chi connectivity index (χ1) is 17.0. The van der Waals surface area contributed by atoms with E-state index in [4.69, 9.17) is 4.74 Å². The maximum Gasteiger partial charge on any atom is 0.255 e. The van der Waals surface area contributed by atoms with Crippen LogP contribution in [0.1, 0.15) is 42.5 Å². The van der Waals surface area contributed by atoms with Gasteiger partial charge in [0, 0.05) is 25.7 Å². The first-order valence-corrected chi connectivity index (χ1v) is 13.0. The third-order valence-corrected chi connectivity index (χ3v) is 7.76. The molecule has 0 radical (unpaired) electrons. The number of likely N-dealkylation sites (tertiary alicyclic amines) is 1. The fourth-order valence-corrected chi connectivity index (χ4v) is 5.81. The highest BCUT2D eigenvalue weighted by atomic mass is 32.1. The molecular weight excluding hydrogens is 471 g/mol. The van der Waals surface area contributed by atoms with Crippen molar-refractivity contribution in [2.45, 2.75) is 44.3 Å². The van der Waals surface area contributed by atoms with Crippen LogP contribution in [0.5, 0.6) is 5.75 Å². The summed E-state index contributed by atoms with van der Waals surface area (Å²) < 4.78 is 21.6. The molecule has 2 aliphatic rings. The van der Waals surface area contributed by atoms with Crippen LogP contribution in [0.15, 0.2) is 18.3 Å². The van der Waals surface area contributed by atoms with E-state index in [1.54, 1.807) is 13.3 Å². The molecule has 1 unspecified atom stereocenters. The molecule has 0 saturated carbocycles. The maximum atomic E-state index is 13.3. The molecule has 2 fully saturated rings. The predicted molar refractivity (Wildman–Crippen MR) is 134 cm³/mol. The van der Waals surface area contributed by atoms with Crippen LogP contribution in [0, 0.1) is 0 Å². The van der Waals surface area contributed by atoms with Gasteiger partial charge in [-0.3, -0.25) is 14.0 Å². The molecular formula is C24H31FN6O3S. The number of anilines is 1. The molecule has 0 bridgehead atoms. The zero-order chi connectivity index (χ0) is 24.4. The minimum Gasteiger partial charge on any atom is -0.496 e. The Hall–Kier alpha value is -2.76. The first kappa shape index (κ1) is 24.0. The Kier molecular flexibility index (Phi) is 7.17. The Bertz CT molecular complexity index is 1210. The number of nitrogens with zero attached hydrogens (tertiary/aromatic N) is 3. The number of halogens is 1. The van der Waals surface area contributed by atoms with Crippen LogP contribution in [-0.4, -0.2) is 78.1 Å². The van der Waals surface area contributed by atoms with E-state index in [1.807, 2.05) is 16.5 Å². The van der Waals surface area contributed by atoms with Crippen LogP contribution in [0.2, 0.25) is 0 Å². The standard InChI is InChI=1S/C24H31FN6O3S/c1-34-19-13-18-20(12-16(19)22(32)27-8-3-9-30-10-5-15(25)6-11-30)35-24-29-21(14-31(18)24)28-23(33)17-4-2-7-26-17/h12-15,17,26H,2-11H2,1H3,(H,27,32)(H,28,33). The fourth-order valence-electron chi connectivity index (χ4n) is 4.78. The van der Waals surface area contributed by atoms with Crippen molar-refractivity contribution in [2.24, 2.45) is 0 Å². The Labute approximate surface area is 207 Å². The fraction of sp³-hybridized carbons (Fsp3) is 0.542. The van der Waals surface area contributed by atoms with Crippen LogP contribution in [-0.2, 0) is 4.79 Å². The van der Waals surface area contributed by atoms with Gasteiger partial charge >= 0.3 is 0 Å². The number of methoxy groups -OCH3 is 1. The smallest absolute Gasteiger partial charge is 0.255 e. The number of aromatic nitrogens is 2. The van der Waals surface area contributed by atoms with Gasteiger partial charge in [-0.2, -0.15) is 0 Å². The van der Waals surface area contributed by atoms with Gasteiger partial charge in [0.25, 0.3) is 5.91 Å². The molecule has 188 valence electrons. The van der Waals surface area contributed by atoms with Gasteiger partial charge in [0.15, 0.2) is 10.8 Å². The Morgan fingerprint density at radius 3 is 2.86 bits per heavy atom. The highest BCUT2D eigenvalue weighted by molar-refractivity contribution is 7.23. The monoisotopic (exact) mass is 502 g/mol. The SMILES string of the molecule is COc1cc2c(cc1C(=O)NCCCN1CCC(F)CC1)sc1nc(NC(=O)C3CCCN3)cn12.